The highest BCUT2D eigenvalue weighted by Crippen LogP contribution is 2.25. The normalized spacial score (nSPS) is 11.9. The molecule has 7 heteroatoms. The van der Waals surface area contributed by atoms with E-state index in [1.165, 1.54) is 0 Å². The Bertz CT molecular complexity index is 1050. The SMILES string of the molecule is CC(C)C(C)NC(=O)CCCC(=O)Nc1cc(-c2ccccc2)nn1-c1ccc(Cl)cc1. The number of aromatic nitrogens is 2. The van der Waals surface area contributed by atoms with Crippen LogP contribution in [-0.4, -0.2) is 27.6 Å². The fourth-order valence-corrected chi connectivity index (χ4v) is 3.23. The van der Waals surface area contributed by atoms with Gasteiger partial charge in [-0.05, 0) is 43.5 Å². The van der Waals surface area contributed by atoms with Crippen molar-refractivity contribution >= 4 is 29.2 Å². The molecule has 1 atom stereocenters. The van der Waals surface area contributed by atoms with Crippen molar-refractivity contribution in [1.29, 1.82) is 0 Å². The molecule has 1 unspecified atom stereocenters. The second-order valence-corrected chi connectivity index (χ2v) is 8.61. The summed E-state index contributed by atoms with van der Waals surface area (Å²) < 4.78 is 1.69. The van der Waals surface area contributed by atoms with Crippen LogP contribution in [0.15, 0.2) is 60.7 Å². The molecule has 3 rings (SSSR count). The summed E-state index contributed by atoms with van der Waals surface area (Å²) in [5, 5.41) is 11.2. The van der Waals surface area contributed by atoms with Crippen molar-refractivity contribution in [2.24, 2.45) is 5.92 Å². The van der Waals surface area contributed by atoms with Gasteiger partial charge in [-0.25, -0.2) is 4.68 Å². The number of hydrogen-bond acceptors (Lipinski definition) is 3. The van der Waals surface area contributed by atoms with Crippen molar-refractivity contribution in [3.63, 3.8) is 0 Å². The zero-order chi connectivity index (χ0) is 23.1. The molecular weight excluding hydrogens is 424 g/mol. The maximum Gasteiger partial charge on any atom is 0.225 e. The summed E-state index contributed by atoms with van der Waals surface area (Å²) in [4.78, 5) is 24.7. The Balaban J connectivity index is 1.69. The molecule has 1 heterocycles. The molecule has 168 valence electrons. The molecule has 2 amide bonds. The van der Waals surface area contributed by atoms with Crippen molar-refractivity contribution < 1.29 is 9.59 Å². The maximum absolute atomic E-state index is 12.6. The van der Waals surface area contributed by atoms with E-state index in [0.29, 0.717) is 29.6 Å². The van der Waals surface area contributed by atoms with Gasteiger partial charge in [0.15, 0.2) is 0 Å². The summed E-state index contributed by atoms with van der Waals surface area (Å²) >= 11 is 6.02. The third kappa shape index (κ3) is 6.44. The van der Waals surface area contributed by atoms with Gasteiger partial charge in [0.2, 0.25) is 11.8 Å². The summed E-state index contributed by atoms with van der Waals surface area (Å²) in [5.74, 6) is 0.740. The average molecular weight is 453 g/mol. The van der Waals surface area contributed by atoms with E-state index in [-0.39, 0.29) is 24.3 Å². The number of amides is 2. The van der Waals surface area contributed by atoms with Crippen molar-refractivity contribution in [2.75, 3.05) is 5.32 Å². The number of nitrogens with one attached hydrogen (secondary N) is 2. The highest BCUT2D eigenvalue weighted by molar-refractivity contribution is 6.30. The van der Waals surface area contributed by atoms with Crippen LogP contribution < -0.4 is 10.6 Å². The Kier molecular flexibility index (Phi) is 8.06. The molecule has 0 fully saturated rings. The third-order valence-electron chi connectivity index (χ3n) is 5.31. The van der Waals surface area contributed by atoms with Gasteiger partial charge >= 0.3 is 0 Å². The van der Waals surface area contributed by atoms with Crippen LogP contribution in [-0.2, 0) is 9.59 Å². The number of benzene rings is 2. The van der Waals surface area contributed by atoms with Gasteiger partial charge in [-0.2, -0.15) is 5.10 Å². The molecule has 2 aromatic carbocycles. The van der Waals surface area contributed by atoms with E-state index < -0.39 is 0 Å². The second-order valence-electron chi connectivity index (χ2n) is 8.17. The predicted octanol–water partition coefficient (Wildman–Crippen LogP) is 5.46. The van der Waals surface area contributed by atoms with E-state index >= 15 is 0 Å². The first-order valence-electron chi connectivity index (χ1n) is 10.8. The lowest BCUT2D eigenvalue weighted by Gasteiger charge is -2.17. The topological polar surface area (TPSA) is 76.0 Å². The molecule has 0 saturated heterocycles. The van der Waals surface area contributed by atoms with Crippen LogP contribution in [0.4, 0.5) is 5.82 Å². The molecule has 0 spiro atoms. The Hall–Kier alpha value is -3.12. The standard InChI is InChI=1S/C25H29ClN4O2/c1-17(2)18(3)27-24(31)10-7-11-25(32)28-23-16-22(19-8-5-4-6-9-19)29-30(23)21-14-12-20(26)13-15-21/h4-6,8-9,12-18H,7,10-11H2,1-3H3,(H,27,31)(H,28,32). The van der Waals surface area contributed by atoms with E-state index in [2.05, 4.69) is 29.6 Å². The zero-order valence-electron chi connectivity index (χ0n) is 18.6. The smallest absolute Gasteiger partial charge is 0.225 e. The lowest BCUT2D eigenvalue weighted by atomic mass is 10.1. The highest BCUT2D eigenvalue weighted by Gasteiger charge is 2.15. The molecule has 0 saturated carbocycles. The van der Waals surface area contributed by atoms with Gasteiger partial charge in [0.1, 0.15) is 5.82 Å². The van der Waals surface area contributed by atoms with Crippen LogP contribution in [0.5, 0.6) is 0 Å². The second kappa shape index (κ2) is 11.0. The van der Waals surface area contributed by atoms with Crippen molar-refractivity contribution in [2.45, 2.75) is 46.1 Å². The molecule has 0 aliphatic heterocycles. The number of nitrogens with zero attached hydrogens (tertiary/aromatic N) is 2. The van der Waals surface area contributed by atoms with E-state index in [9.17, 15) is 9.59 Å². The lowest BCUT2D eigenvalue weighted by molar-refractivity contribution is -0.122. The number of carbonyl (C=O) groups excluding carboxylic acids is 2. The molecule has 0 aliphatic carbocycles. The summed E-state index contributed by atoms with van der Waals surface area (Å²) in [6, 6.07) is 19.0. The number of anilines is 1. The summed E-state index contributed by atoms with van der Waals surface area (Å²) in [7, 11) is 0. The molecule has 0 radical (unpaired) electrons. The minimum atomic E-state index is -0.163. The van der Waals surface area contributed by atoms with Crippen LogP contribution >= 0.6 is 11.6 Å². The Morgan fingerprint density at radius 2 is 1.62 bits per heavy atom. The summed E-state index contributed by atoms with van der Waals surface area (Å²) in [6.45, 7) is 6.11. The lowest BCUT2D eigenvalue weighted by Crippen LogP contribution is -2.36. The fourth-order valence-electron chi connectivity index (χ4n) is 3.11. The Labute approximate surface area is 194 Å². The van der Waals surface area contributed by atoms with Crippen molar-refractivity contribution in [3.8, 4) is 16.9 Å². The fraction of sp³-hybridized carbons (Fsp3) is 0.320. The van der Waals surface area contributed by atoms with E-state index in [4.69, 9.17) is 11.6 Å². The summed E-state index contributed by atoms with van der Waals surface area (Å²) in [5.41, 5.74) is 2.48. The molecular formula is C25H29ClN4O2. The largest absolute Gasteiger partial charge is 0.353 e. The molecule has 1 aromatic heterocycles. The molecule has 6 nitrogen and oxygen atoms in total. The molecule has 32 heavy (non-hydrogen) atoms. The highest BCUT2D eigenvalue weighted by atomic mass is 35.5. The van der Waals surface area contributed by atoms with Gasteiger partial charge in [0.05, 0.1) is 11.4 Å². The first-order valence-corrected chi connectivity index (χ1v) is 11.2. The van der Waals surface area contributed by atoms with Gasteiger partial charge in [-0.3, -0.25) is 9.59 Å². The van der Waals surface area contributed by atoms with Crippen LogP contribution in [0.3, 0.4) is 0 Å². The summed E-state index contributed by atoms with van der Waals surface area (Å²) in [6.07, 6.45) is 1.04. The Morgan fingerprint density at radius 3 is 2.28 bits per heavy atom. The quantitative estimate of drug-likeness (QED) is 0.452. The van der Waals surface area contributed by atoms with E-state index in [1.54, 1.807) is 16.8 Å². The van der Waals surface area contributed by atoms with Crippen LogP contribution in [0.1, 0.15) is 40.0 Å². The van der Waals surface area contributed by atoms with Gasteiger partial charge in [-0.15, -0.1) is 0 Å². The average Bonchev–Trinajstić information content (AvgIpc) is 3.18. The van der Waals surface area contributed by atoms with Gasteiger partial charge in [0.25, 0.3) is 0 Å². The van der Waals surface area contributed by atoms with Gasteiger partial charge < -0.3 is 10.6 Å². The van der Waals surface area contributed by atoms with Crippen molar-refractivity contribution in [1.82, 2.24) is 15.1 Å². The van der Waals surface area contributed by atoms with Crippen LogP contribution in [0.2, 0.25) is 5.02 Å². The number of rotatable bonds is 9. The first kappa shape index (κ1) is 23.5. The van der Waals surface area contributed by atoms with E-state index in [0.717, 1.165) is 16.9 Å². The molecule has 0 bridgehead atoms. The number of carbonyl (C=O) groups is 2. The molecule has 2 N–H and O–H groups in total. The Morgan fingerprint density at radius 1 is 0.969 bits per heavy atom. The zero-order valence-corrected chi connectivity index (χ0v) is 19.4. The predicted molar refractivity (Wildman–Crippen MR) is 129 cm³/mol. The maximum atomic E-state index is 12.6. The minimum absolute atomic E-state index is 0.0310. The van der Waals surface area contributed by atoms with E-state index in [1.807, 2.05) is 55.5 Å². The van der Waals surface area contributed by atoms with Crippen LogP contribution in [0, 0.1) is 5.92 Å². The number of hydrogen-bond donors (Lipinski definition) is 2. The third-order valence-corrected chi connectivity index (χ3v) is 5.57. The minimum Gasteiger partial charge on any atom is -0.353 e. The first-order chi connectivity index (χ1) is 15.3. The molecule has 3 aromatic rings. The van der Waals surface area contributed by atoms with Gasteiger partial charge in [0, 0.05) is 35.5 Å². The molecule has 0 aliphatic rings. The van der Waals surface area contributed by atoms with Crippen LogP contribution in [0.25, 0.3) is 16.9 Å². The van der Waals surface area contributed by atoms with Gasteiger partial charge in [-0.1, -0.05) is 55.8 Å². The number of halogens is 1. The monoisotopic (exact) mass is 452 g/mol. The van der Waals surface area contributed by atoms with Crippen molar-refractivity contribution in [3.05, 3.63) is 65.7 Å².